The summed E-state index contributed by atoms with van der Waals surface area (Å²) in [7, 11) is 0. The molecule has 1 aliphatic rings. The molecule has 0 atom stereocenters. The zero-order valence-corrected chi connectivity index (χ0v) is 9.96. The molecule has 0 aliphatic carbocycles. The van der Waals surface area contributed by atoms with E-state index in [1.54, 1.807) is 0 Å². The molecule has 0 unspecified atom stereocenters. The Morgan fingerprint density at radius 3 is 1.91 bits per heavy atom. The number of fused-ring (bicyclic) bond motifs is 1. The first-order valence-electron chi connectivity index (χ1n) is 2.81. The van der Waals surface area contributed by atoms with Crippen LogP contribution in [0.3, 0.4) is 0 Å². The van der Waals surface area contributed by atoms with Crippen molar-refractivity contribution in [3.8, 4) is 11.5 Å². The van der Waals surface area contributed by atoms with Gasteiger partial charge < -0.3 is 16.9 Å². The van der Waals surface area contributed by atoms with Gasteiger partial charge >= 0.3 is 51.4 Å². The Bertz CT molecular complexity index is 202. The smallest absolute Gasteiger partial charge is 0.454 e. The van der Waals surface area contributed by atoms with E-state index < -0.39 is 0 Å². The van der Waals surface area contributed by atoms with Gasteiger partial charge in [-0.25, -0.2) is 0 Å². The summed E-state index contributed by atoms with van der Waals surface area (Å²) in [6.45, 7) is 0.360. The maximum Gasteiger partial charge on any atom is 1.00 e. The van der Waals surface area contributed by atoms with E-state index in [0.29, 0.717) is 6.79 Å². The van der Waals surface area contributed by atoms with E-state index in [2.05, 4.69) is 0 Å². The first-order valence-corrected chi connectivity index (χ1v) is 2.81. The largest absolute Gasteiger partial charge is 1.00 e. The van der Waals surface area contributed by atoms with Gasteiger partial charge in [-0.15, -0.1) is 0 Å². The van der Waals surface area contributed by atoms with Gasteiger partial charge in [0.1, 0.15) is 0 Å². The minimum atomic E-state index is 0. The van der Waals surface area contributed by atoms with E-state index in [0.717, 1.165) is 11.5 Å². The second-order valence-corrected chi connectivity index (χ2v) is 1.85. The molecule has 0 radical (unpaired) electrons. The SMILES string of the molecule is [CH3-].[K+].c1ccc2c(c1)OCO2. The van der Waals surface area contributed by atoms with Crippen LogP contribution < -0.4 is 60.9 Å². The summed E-state index contributed by atoms with van der Waals surface area (Å²) in [5, 5.41) is 0. The van der Waals surface area contributed by atoms with Gasteiger partial charge in [0.25, 0.3) is 0 Å². The van der Waals surface area contributed by atoms with E-state index >= 15 is 0 Å². The van der Waals surface area contributed by atoms with E-state index in [1.165, 1.54) is 0 Å². The molecular formula is C8H9KO2. The minimum Gasteiger partial charge on any atom is -0.454 e. The summed E-state index contributed by atoms with van der Waals surface area (Å²) in [5.74, 6) is 1.69. The standard InChI is InChI=1S/C7H6O2.CH3.K/c1-2-4-7-6(3-1)8-5-9-7;;/h1-4H,5H2;1H3;/q;-1;+1. The fraction of sp³-hybridized carbons (Fsp3) is 0.125. The molecule has 0 saturated carbocycles. The summed E-state index contributed by atoms with van der Waals surface area (Å²) < 4.78 is 10.2. The number of rotatable bonds is 0. The molecule has 3 heteroatoms. The molecule has 11 heavy (non-hydrogen) atoms. The molecule has 54 valence electrons. The molecular weight excluding hydrogens is 167 g/mol. The van der Waals surface area contributed by atoms with E-state index in [1.807, 2.05) is 24.3 Å². The number of para-hydroxylation sites is 2. The molecule has 0 N–H and O–H groups in total. The van der Waals surface area contributed by atoms with Crippen LogP contribution in [-0.4, -0.2) is 6.79 Å². The Morgan fingerprint density at radius 1 is 1.00 bits per heavy atom. The van der Waals surface area contributed by atoms with Crippen LogP contribution in [0.4, 0.5) is 0 Å². The Hall–Kier alpha value is 0.456. The molecule has 0 saturated heterocycles. The van der Waals surface area contributed by atoms with Crippen molar-refractivity contribution >= 4 is 0 Å². The molecule has 0 spiro atoms. The third-order valence-electron chi connectivity index (χ3n) is 1.28. The zero-order chi connectivity index (χ0) is 6.10. The number of hydrogen-bond donors (Lipinski definition) is 0. The topological polar surface area (TPSA) is 18.5 Å². The fourth-order valence-electron chi connectivity index (χ4n) is 0.845. The normalized spacial score (nSPS) is 11.3. The van der Waals surface area contributed by atoms with Crippen molar-refractivity contribution < 1.29 is 60.9 Å². The Kier molecular flexibility index (Phi) is 5.38. The quantitative estimate of drug-likeness (QED) is 0.368. The predicted octanol–water partition coefficient (Wildman–Crippen LogP) is -1.13. The van der Waals surface area contributed by atoms with Crippen LogP contribution in [0.15, 0.2) is 24.3 Å². The summed E-state index contributed by atoms with van der Waals surface area (Å²) in [6, 6.07) is 7.63. The average molecular weight is 176 g/mol. The summed E-state index contributed by atoms with van der Waals surface area (Å²) in [5.41, 5.74) is 0. The molecule has 1 aromatic rings. The minimum absolute atomic E-state index is 0. The van der Waals surface area contributed by atoms with Crippen molar-refractivity contribution in [2.24, 2.45) is 0 Å². The molecule has 0 fully saturated rings. The number of benzene rings is 1. The number of hydrogen-bond acceptors (Lipinski definition) is 2. The summed E-state index contributed by atoms with van der Waals surface area (Å²) in [4.78, 5) is 0. The van der Waals surface area contributed by atoms with Gasteiger partial charge in [-0.05, 0) is 12.1 Å². The monoisotopic (exact) mass is 176 g/mol. The van der Waals surface area contributed by atoms with Crippen LogP contribution in [0.5, 0.6) is 11.5 Å². The van der Waals surface area contributed by atoms with E-state index in [-0.39, 0.29) is 58.8 Å². The maximum atomic E-state index is 5.08. The van der Waals surface area contributed by atoms with Crippen LogP contribution in [0.2, 0.25) is 0 Å². The summed E-state index contributed by atoms with van der Waals surface area (Å²) >= 11 is 0. The molecule has 1 aromatic carbocycles. The number of ether oxygens (including phenoxy) is 2. The molecule has 2 rings (SSSR count). The maximum absolute atomic E-state index is 5.08. The molecule has 1 aliphatic heterocycles. The zero-order valence-electron chi connectivity index (χ0n) is 6.83. The Labute approximate surface area is 109 Å². The molecule has 2 nitrogen and oxygen atoms in total. The van der Waals surface area contributed by atoms with Crippen molar-refractivity contribution in [2.75, 3.05) is 6.79 Å². The third kappa shape index (κ3) is 2.45. The van der Waals surface area contributed by atoms with Crippen LogP contribution in [0.25, 0.3) is 0 Å². The predicted molar refractivity (Wildman–Crippen MR) is 39.0 cm³/mol. The second kappa shape index (κ2) is 5.16. The van der Waals surface area contributed by atoms with Gasteiger partial charge in [-0.1, -0.05) is 12.1 Å². The Balaban J connectivity index is 0.000000500. The van der Waals surface area contributed by atoms with Crippen molar-refractivity contribution in [1.29, 1.82) is 0 Å². The van der Waals surface area contributed by atoms with Crippen LogP contribution >= 0.6 is 0 Å². The van der Waals surface area contributed by atoms with Crippen LogP contribution in [0, 0.1) is 7.43 Å². The second-order valence-electron chi connectivity index (χ2n) is 1.85. The van der Waals surface area contributed by atoms with Gasteiger partial charge in [0.05, 0.1) is 0 Å². The average Bonchev–Trinajstić information content (AvgIpc) is 2.33. The molecule has 1 heterocycles. The van der Waals surface area contributed by atoms with E-state index in [9.17, 15) is 0 Å². The van der Waals surface area contributed by atoms with Crippen molar-refractivity contribution in [3.05, 3.63) is 31.7 Å². The molecule has 0 aromatic heterocycles. The van der Waals surface area contributed by atoms with Gasteiger partial charge in [-0.3, -0.25) is 0 Å². The first-order chi connectivity index (χ1) is 4.47. The molecule has 0 amide bonds. The first kappa shape index (κ1) is 11.5. The van der Waals surface area contributed by atoms with Crippen molar-refractivity contribution in [3.63, 3.8) is 0 Å². The molecule has 0 bridgehead atoms. The summed E-state index contributed by atoms with van der Waals surface area (Å²) in [6.07, 6.45) is 0. The fourth-order valence-corrected chi connectivity index (χ4v) is 0.845. The van der Waals surface area contributed by atoms with Crippen molar-refractivity contribution in [2.45, 2.75) is 0 Å². The van der Waals surface area contributed by atoms with Crippen molar-refractivity contribution in [1.82, 2.24) is 0 Å². The Morgan fingerprint density at radius 2 is 1.45 bits per heavy atom. The van der Waals surface area contributed by atoms with Gasteiger partial charge in [0, 0.05) is 0 Å². The van der Waals surface area contributed by atoms with Gasteiger partial charge in [0.15, 0.2) is 11.5 Å². The van der Waals surface area contributed by atoms with Gasteiger partial charge in [-0.2, -0.15) is 0 Å². The third-order valence-corrected chi connectivity index (χ3v) is 1.28. The van der Waals surface area contributed by atoms with Crippen LogP contribution in [0.1, 0.15) is 0 Å². The van der Waals surface area contributed by atoms with Crippen LogP contribution in [-0.2, 0) is 0 Å². The van der Waals surface area contributed by atoms with E-state index in [4.69, 9.17) is 9.47 Å². The van der Waals surface area contributed by atoms with Gasteiger partial charge in [0.2, 0.25) is 6.79 Å².